The van der Waals surface area contributed by atoms with Crippen LogP contribution in [0, 0.1) is 0 Å². The number of hydrogen-bond donors (Lipinski definition) is 3. The number of nitrogens with two attached hydrogens (primary N) is 2. The molecule has 0 aliphatic heterocycles. The largest absolute Gasteiger partial charge is 0.366 e. The van der Waals surface area contributed by atoms with Gasteiger partial charge in [0.15, 0.2) is 0 Å². The lowest BCUT2D eigenvalue weighted by molar-refractivity contribution is -0.128. The molecular weight excluding hydrogens is 448 g/mol. The molecule has 0 unspecified atom stereocenters. The van der Waals surface area contributed by atoms with Gasteiger partial charge in [0.25, 0.3) is 11.8 Å². The molecule has 1 aliphatic rings. The van der Waals surface area contributed by atoms with Crippen LogP contribution in [0.3, 0.4) is 0 Å². The Morgan fingerprint density at radius 2 is 1.59 bits per heavy atom. The molecule has 5 N–H and O–H groups in total. The Balaban J connectivity index is 0.000000454. The summed E-state index contributed by atoms with van der Waals surface area (Å²) < 4.78 is 22.4. The first-order valence-electron chi connectivity index (χ1n) is 8.97. The molecule has 0 atom stereocenters. The van der Waals surface area contributed by atoms with Crippen LogP contribution >= 0.6 is 15.9 Å². The molecule has 1 aromatic heterocycles. The summed E-state index contributed by atoms with van der Waals surface area (Å²) in [4.78, 5) is 28.6. The van der Waals surface area contributed by atoms with Crippen molar-refractivity contribution in [3.05, 3.63) is 52.3 Å². The summed E-state index contributed by atoms with van der Waals surface area (Å²) in [5, 5.41) is 3.40. The van der Waals surface area contributed by atoms with Gasteiger partial charge < -0.3 is 16.8 Å². The molecule has 3 rings (SSSR count). The Morgan fingerprint density at radius 3 is 1.93 bits per heavy atom. The van der Waals surface area contributed by atoms with E-state index < -0.39 is 18.2 Å². The van der Waals surface area contributed by atoms with Crippen LogP contribution in [-0.4, -0.2) is 28.2 Å². The van der Waals surface area contributed by atoms with Crippen LogP contribution in [0.25, 0.3) is 0 Å². The lowest BCUT2D eigenvalue weighted by Crippen LogP contribution is -2.42. The number of halogens is 3. The Hall–Kier alpha value is -2.62. The summed E-state index contributed by atoms with van der Waals surface area (Å²) >= 11 is 3.45. The van der Waals surface area contributed by atoms with Gasteiger partial charge in [-0.05, 0) is 37.0 Å². The Labute approximate surface area is 176 Å². The van der Waals surface area contributed by atoms with Crippen molar-refractivity contribution in [1.29, 1.82) is 0 Å². The molecule has 0 radical (unpaired) electrons. The topological polar surface area (TPSA) is 124 Å². The molecule has 2 aromatic rings. The van der Waals surface area contributed by atoms with Crippen molar-refractivity contribution in [3.8, 4) is 0 Å². The number of aromatic nitrogens is 2. The Morgan fingerprint density at radius 1 is 1.10 bits per heavy atom. The minimum atomic E-state index is -3.01. The zero-order chi connectivity index (χ0) is 22.0. The van der Waals surface area contributed by atoms with Crippen LogP contribution in [0.2, 0.25) is 0 Å². The molecule has 1 aromatic carbocycles. The number of primary amides is 2. The molecule has 0 bridgehead atoms. The van der Waals surface area contributed by atoms with Crippen molar-refractivity contribution in [2.24, 2.45) is 11.5 Å². The average molecular weight is 472 g/mol. The second kappa shape index (κ2) is 11.4. The average Bonchev–Trinajstić information content (AvgIpc) is 2.68. The van der Waals surface area contributed by atoms with E-state index in [9.17, 15) is 18.4 Å². The van der Waals surface area contributed by atoms with Gasteiger partial charge in [0.1, 0.15) is 0 Å². The van der Waals surface area contributed by atoms with E-state index in [-0.39, 0.29) is 5.54 Å². The van der Waals surface area contributed by atoms with Crippen molar-refractivity contribution in [1.82, 2.24) is 9.97 Å². The Kier molecular flexibility index (Phi) is 9.60. The second-order valence-electron chi connectivity index (χ2n) is 5.93. The molecule has 0 saturated heterocycles. The SMILES string of the molecule is CC.NC(=O)C(F)F.NC(=O)c1cnc(NC2(c3ccc(Br)cc3)CCC2)nc1. The molecule has 1 fully saturated rings. The maximum atomic E-state index is 11.0. The lowest BCUT2D eigenvalue weighted by Gasteiger charge is -2.43. The third-order valence-corrected chi connectivity index (χ3v) is 4.64. The molecule has 1 saturated carbocycles. The van der Waals surface area contributed by atoms with E-state index in [4.69, 9.17) is 5.73 Å². The number of hydrogen-bond acceptors (Lipinski definition) is 5. The van der Waals surface area contributed by atoms with E-state index in [0.717, 1.165) is 17.3 Å². The number of amides is 2. The molecular formula is C19H24BrF2N5O2. The van der Waals surface area contributed by atoms with E-state index in [1.165, 1.54) is 24.4 Å². The van der Waals surface area contributed by atoms with Gasteiger partial charge in [-0.1, -0.05) is 41.9 Å². The molecule has 0 spiro atoms. The highest BCUT2D eigenvalue weighted by Gasteiger charge is 2.39. The minimum absolute atomic E-state index is 0.116. The van der Waals surface area contributed by atoms with Gasteiger partial charge in [-0.15, -0.1) is 0 Å². The van der Waals surface area contributed by atoms with Crippen molar-refractivity contribution in [2.45, 2.75) is 45.1 Å². The zero-order valence-electron chi connectivity index (χ0n) is 16.2. The summed E-state index contributed by atoms with van der Waals surface area (Å²) in [6.07, 6.45) is 3.13. The van der Waals surface area contributed by atoms with Crippen LogP contribution in [0.5, 0.6) is 0 Å². The number of nitrogens with one attached hydrogen (secondary N) is 1. The van der Waals surface area contributed by atoms with Crippen LogP contribution < -0.4 is 16.8 Å². The highest BCUT2D eigenvalue weighted by molar-refractivity contribution is 9.10. The number of carbonyl (C=O) groups is 2. The van der Waals surface area contributed by atoms with Crippen molar-refractivity contribution in [3.63, 3.8) is 0 Å². The van der Waals surface area contributed by atoms with Gasteiger partial charge in [0.05, 0.1) is 11.1 Å². The normalized spacial score (nSPS) is 13.7. The highest BCUT2D eigenvalue weighted by Crippen LogP contribution is 2.43. The standard InChI is InChI=1S/C15H15BrN4O.C2H3F2NO.C2H6/c16-12-4-2-11(3-5-12)15(6-1-7-15)20-14-18-8-10(9-19-14)13(17)21;3-1(4)2(5)6;1-2/h2-5,8-9H,1,6-7H2,(H2,17,21)(H,18,19,20);1H,(H2,5,6);1-2H3. The first-order chi connectivity index (χ1) is 13.7. The number of rotatable bonds is 5. The summed E-state index contributed by atoms with van der Waals surface area (Å²) in [5.41, 5.74) is 10.7. The lowest BCUT2D eigenvalue weighted by atomic mass is 9.72. The fraction of sp³-hybridized carbons (Fsp3) is 0.368. The van der Waals surface area contributed by atoms with Crippen molar-refractivity contribution >= 4 is 33.7 Å². The Bertz CT molecular complexity index is 797. The van der Waals surface area contributed by atoms with Gasteiger partial charge in [-0.2, -0.15) is 8.78 Å². The summed E-state index contributed by atoms with van der Waals surface area (Å²) in [7, 11) is 0. The quantitative estimate of drug-likeness (QED) is 0.614. The molecule has 1 aliphatic carbocycles. The fourth-order valence-electron chi connectivity index (χ4n) is 2.52. The maximum Gasteiger partial charge on any atom is 0.315 e. The minimum Gasteiger partial charge on any atom is -0.366 e. The highest BCUT2D eigenvalue weighted by atomic mass is 79.9. The molecule has 7 nitrogen and oxygen atoms in total. The number of carbonyl (C=O) groups excluding carboxylic acids is 2. The van der Waals surface area contributed by atoms with Crippen molar-refractivity contribution in [2.75, 3.05) is 5.32 Å². The number of nitrogens with zero attached hydrogens (tertiary/aromatic N) is 2. The molecule has 10 heteroatoms. The van der Waals surface area contributed by atoms with Crippen LogP contribution in [0.4, 0.5) is 14.7 Å². The fourth-order valence-corrected chi connectivity index (χ4v) is 2.78. The zero-order valence-corrected chi connectivity index (χ0v) is 17.7. The first kappa shape index (κ1) is 24.4. The third kappa shape index (κ3) is 7.04. The van der Waals surface area contributed by atoms with E-state index in [1.807, 2.05) is 26.0 Å². The van der Waals surface area contributed by atoms with Crippen LogP contribution in [0.15, 0.2) is 41.1 Å². The third-order valence-electron chi connectivity index (χ3n) is 4.11. The molecule has 29 heavy (non-hydrogen) atoms. The summed E-state index contributed by atoms with van der Waals surface area (Å²) in [6, 6.07) is 8.28. The smallest absolute Gasteiger partial charge is 0.315 e. The van der Waals surface area contributed by atoms with Gasteiger partial charge in [0, 0.05) is 16.9 Å². The van der Waals surface area contributed by atoms with Gasteiger partial charge >= 0.3 is 6.43 Å². The predicted molar refractivity (Wildman–Crippen MR) is 110 cm³/mol. The number of alkyl halides is 2. The van der Waals surface area contributed by atoms with Crippen molar-refractivity contribution < 1.29 is 18.4 Å². The molecule has 2 amide bonds. The maximum absolute atomic E-state index is 11.0. The number of benzene rings is 1. The van der Waals surface area contributed by atoms with Crippen LogP contribution in [-0.2, 0) is 10.3 Å². The second-order valence-corrected chi connectivity index (χ2v) is 6.85. The van der Waals surface area contributed by atoms with E-state index >= 15 is 0 Å². The van der Waals surface area contributed by atoms with E-state index in [0.29, 0.717) is 11.5 Å². The first-order valence-corrected chi connectivity index (χ1v) is 9.76. The molecule has 158 valence electrons. The van der Waals surface area contributed by atoms with E-state index in [1.54, 1.807) is 0 Å². The van der Waals surface area contributed by atoms with Gasteiger partial charge in [0.2, 0.25) is 5.95 Å². The summed E-state index contributed by atoms with van der Waals surface area (Å²) in [6.45, 7) is 4.00. The van der Waals surface area contributed by atoms with E-state index in [2.05, 4.69) is 49.1 Å². The predicted octanol–water partition coefficient (Wildman–Crippen LogP) is 3.59. The number of anilines is 1. The molecule has 1 heterocycles. The van der Waals surface area contributed by atoms with Gasteiger partial charge in [-0.25, -0.2) is 9.97 Å². The monoisotopic (exact) mass is 471 g/mol. The van der Waals surface area contributed by atoms with Gasteiger partial charge in [-0.3, -0.25) is 9.59 Å². The van der Waals surface area contributed by atoms with Crippen LogP contribution in [0.1, 0.15) is 49.0 Å². The summed E-state index contributed by atoms with van der Waals surface area (Å²) in [5.74, 6) is -1.58.